The highest BCUT2D eigenvalue weighted by Gasteiger charge is 2.48. The highest BCUT2D eigenvalue weighted by Crippen LogP contribution is 2.47. The molecule has 4 aromatic rings. The molecule has 0 saturated carbocycles. The molecule has 0 bridgehead atoms. The minimum Gasteiger partial charge on any atom is -0.507 e. The molecule has 1 amide bonds. The van der Waals surface area contributed by atoms with Crippen molar-refractivity contribution < 1.29 is 28.9 Å². The van der Waals surface area contributed by atoms with Crippen LogP contribution in [0.4, 0.5) is 5.69 Å². The van der Waals surface area contributed by atoms with Gasteiger partial charge in [-0.05, 0) is 48.7 Å². The maximum absolute atomic E-state index is 13.7. The van der Waals surface area contributed by atoms with Gasteiger partial charge in [-0.15, -0.1) is 0 Å². The van der Waals surface area contributed by atoms with Gasteiger partial charge in [-0.2, -0.15) is 0 Å². The zero-order valence-electron chi connectivity index (χ0n) is 22.8. The number of nitrogens with one attached hydrogen (secondary N) is 1. The standard InChI is InChI=1S/C32H30N2O6/c1-5-38-24-12-10-18(14-22(24)32(2,3)4)29(35)27-28(21-16-33-23-9-7-6-8-20(21)23)34(31(37)30(27)36)19-11-13-25-26(15-19)40-17-39-25/h6-16,28,33,35H,5,17H2,1-4H3/b29-27+. The fourth-order valence-electron chi connectivity index (χ4n) is 5.45. The Balaban J connectivity index is 1.57. The number of para-hydroxylation sites is 1. The average molecular weight is 539 g/mol. The van der Waals surface area contributed by atoms with Gasteiger partial charge in [0.1, 0.15) is 11.5 Å². The normalized spacial score (nSPS) is 18.1. The Kier molecular flexibility index (Phi) is 6.06. The summed E-state index contributed by atoms with van der Waals surface area (Å²) in [6.07, 6.45) is 1.78. The van der Waals surface area contributed by atoms with Crippen LogP contribution in [0.1, 0.15) is 50.4 Å². The molecule has 1 unspecified atom stereocenters. The zero-order valence-corrected chi connectivity index (χ0v) is 22.8. The molecule has 1 saturated heterocycles. The lowest BCUT2D eigenvalue weighted by Crippen LogP contribution is -2.29. The average Bonchev–Trinajstić information content (AvgIpc) is 3.64. The molecular weight excluding hydrogens is 508 g/mol. The first-order valence-electron chi connectivity index (χ1n) is 13.2. The number of benzene rings is 3. The summed E-state index contributed by atoms with van der Waals surface area (Å²) in [7, 11) is 0. The molecule has 8 heteroatoms. The number of carbonyl (C=O) groups is 2. The van der Waals surface area contributed by atoms with Crippen molar-refractivity contribution >= 4 is 34.0 Å². The topological polar surface area (TPSA) is 101 Å². The van der Waals surface area contributed by atoms with Gasteiger partial charge in [0.05, 0.1) is 18.2 Å². The summed E-state index contributed by atoms with van der Waals surface area (Å²) < 4.78 is 16.8. The number of H-pyrrole nitrogens is 1. The molecule has 40 heavy (non-hydrogen) atoms. The molecule has 2 N–H and O–H groups in total. The summed E-state index contributed by atoms with van der Waals surface area (Å²) >= 11 is 0. The third kappa shape index (κ3) is 4.07. The minimum atomic E-state index is -0.888. The first-order chi connectivity index (χ1) is 19.2. The van der Waals surface area contributed by atoms with E-state index in [1.165, 1.54) is 4.90 Å². The molecule has 6 rings (SSSR count). The fourth-order valence-corrected chi connectivity index (χ4v) is 5.45. The second-order valence-electron chi connectivity index (χ2n) is 10.9. The van der Waals surface area contributed by atoms with Crippen molar-refractivity contribution in [1.82, 2.24) is 4.98 Å². The Labute approximate surface area is 231 Å². The Morgan fingerprint density at radius 3 is 2.60 bits per heavy atom. The minimum absolute atomic E-state index is 0.0106. The van der Waals surface area contributed by atoms with Crippen molar-refractivity contribution in [1.29, 1.82) is 0 Å². The van der Waals surface area contributed by atoms with Crippen molar-refractivity contribution in [3.05, 3.63) is 89.1 Å². The van der Waals surface area contributed by atoms with Crippen LogP contribution in [0.15, 0.2) is 72.4 Å². The molecule has 2 aliphatic rings. The lowest BCUT2D eigenvalue weighted by atomic mass is 9.84. The van der Waals surface area contributed by atoms with E-state index in [-0.39, 0.29) is 23.5 Å². The van der Waals surface area contributed by atoms with Gasteiger partial charge < -0.3 is 24.3 Å². The maximum Gasteiger partial charge on any atom is 0.300 e. The predicted molar refractivity (Wildman–Crippen MR) is 152 cm³/mol. The molecule has 1 fully saturated rings. The molecule has 8 nitrogen and oxygen atoms in total. The van der Waals surface area contributed by atoms with Crippen LogP contribution in [-0.2, 0) is 15.0 Å². The van der Waals surface area contributed by atoms with E-state index in [1.807, 2.05) is 37.3 Å². The number of aromatic amines is 1. The largest absolute Gasteiger partial charge is 0.507 e. The van der Waals surface area contributed by atoms with Crippen LogP contribution in [0.3, 0.4) is 0 Å². The van der Waals surface area contributed by atoms with E-state index in [1.54, 1.807) is 36.5 Å². The molecule has 0 spiro atoms. The highest BCUT2D eigenvalue weighted by molar-refractivity contribution is 6.52. The second kappa shape index (κ2) is 9.48. The molecule has 1 atom stereocenters. The maximum atomic E-state index is 13.7. The number of aliphatic hydroxyl groups excluding tert-OH is 1. The quantitative estimate of drug-likeness (QED) is 0.178. The number of rotatable bonds is 5. The third-order valence-electron chi connectivity index (χ3n) is 7.36. The van der Waals surface area contributed by atoms with Crippen LogP contribution in [-0.4, -0.2) is 35.2 Å². The van der Waals surface area contributed by atoms with Crippen molar-refractivity contribution in [2.24, 2.45) is 0 Å². The number of ketones is 1. The predicted octanol–water partition coefficient (Wildman–Crippen LogP) is 6.22. The van der Waals surface area contributed by atoms with Crippen LogP contribution in [0.25, 0.3) is 16.7 Å². The summed E-state index contributed by atoms with van der Waals surface area (Å²) in [4.78, 5) is 32.1. The Morgan fingerprint density at radius 1 is 1.05 bits per heavy atom. The number of hydrogen-bond donors (Lipinski definition) is 2. The summed E-state index contributed by atoms with van der Waals surface area (Å²) in [6, 6.07) is 17.2. The van der Waals surface area contributed by atoms with Gasteiger partial charge in [0, 0.05) is 45.5 Å². The SMILES string of the molecule is CCOc1ccc(/C(O)=C2\C(=O)C(=O)N(c3ccc4c(c3)OCO4)C2c2c[nH]c3ccccc23)cc1C(C)(C)C. The van der Waals surface area contributed by atoms with Crippen molar-refractivity contribution in [3.63, 3.8) is 0 Å². The van der Waals surface area contributed by atoms with Crippen LogP contribution in [0, 0.1) is 0 Å². The zero-order chi connectivity index (χ0) is 28.2. The number of hydrogen-bond acceptors (Lipinski definition) is 6. The monoisotopic (exact) mass is 538 g/mol. The van der Waals surface area contributed by atoms with Crippen molar-refractivity contribution in [2.75, 3.05) is 18.3 Å². The molecule has 0 radical (unpaired) electrons. The molecule has 2 aliphatic heterocycles. The van der Waals surface area contributed by atoms with Gasteiger partial charge in [0.15, 0.2) is 11.5 Å². The van der Waals surface area contributed by atoms with Crippen LogP contribution in [0.2, 0.25) is 0 Å². The molecule has 204 valence electrons. The number of aromatic nitrogens is 1. The first-order valence-corrected chi connectivity index (χ1v) is 13.2. The number of Topliss-reactive ketones (excluding diaryl/α,β-unsaturated/α-hetero) is 1. The van der Waals surface area contributed by atoms with Gasteiger partial charge in [0.2, 0.25) is 6.79 Å². The van der Waals surface area contributed by atoms with E-state index in [2.05, 4.69) is 25.8 Å². The fraction of sp³-hybridized carbons (Fsp3) is 0.250. The number of aliphatic hydroxyl groups is 1. The first kappa shape index (κ1) is 25.6. The van der Waals surface area contributed by atoms with E-state index < -0.39 is 17.7 Å². The summed E-state index contributed by atoms with van der Waals surface area (Å²) in [5, 5.41) is 12.6. The van der Waals surface area contributed by atoms with Gasteiger partial charge in [-0.3, -0.25) is 14.5 Å². The molecule has 0 aliphatic carbocycles. The number of carbonyl (C=O) groups excluding carboxylic acids is 2. The summed E-state index contributed by atoms with van der Waals surface area (Å²) in [6.45, 7) is 8.66. The van der Waals surface area contributed by atoms with Crippen LogP contribution >= 0.6 is 0 Å². The van der Waals surface area contributed by atoms with Crippen LogP contribution in [0.5, 0.6) is 17.2 Å². The summed E-state index contributed by atoms with van der Waals surface area (Å²) in [5.41, 5.74) is 3.03. The highest BCUT2D eigenvalue weighted by atomic mass is 16.7. The van der Waals surface area contributed by atoms with Gasteiger partial charge in [-0.25, -0.2) is 0 Å². The van der Waals surface area contributed by atoms with Crippen molar-refractivity contribution in [2.45, 2.75) is 39.2 Å². The molecule has 1 aromatic heterocycles. The number of ether oxygens (including phenoxy) is 3. The van der Waals surface area contributed by atoms with Gasteiger partial charge in [-0.1, -0.05) is 39.0 Å². The van der Waals surface area contributed by atoms with E-state index in [9.17, 15) is 14.7 Å². The number of nitrogens with zero attached hydrogens (tertiary/aromatic N) is 1. The smallest absolute Gasteiger partial charge is 0.300 e. The van der Waals surface area contributed by atoms with E-state index >= 15 is 0 Å². The number of amides is 1. The van der Waals surface area contributed by atoms with Crippen LogP contribution < -0.4 is 19.1 Å². The number of anilines is 1. The Morgan fingerprint density at radius 2 is 1.82 bits per heavy atom. The third-order valence-corrected chi connectivity index (χ3v) is 7.36. The second-order valence-corrected chi connectivity index (χ2v) is 10.9. The molecular formula is C32H30N2O6. The van der Waals surface area contributed by atoms with E-state index in [0.29, 0.717) is 40.7 Å². The summed E-state index contributed by atoms with van der Waals surface area (Å²) in [5.74, 6) is 0.00627. The van der Waals surface area contributed by atoms with E-state index in [0.717, 1.165) is 16.5 Å². The Bertz CT molecular complexity index is 1690. The van der Waals surface area contributed by atoms with Gasteiger partial charge >= 0.3 is 0 Å². The van der Waals surface area contributed by atoms with E-state index in [4.69, 9.17) is 14.2 Å². The lowest BCUT2D eigenvalue weighted by Gasteiger charge is -2.26. The lowest BCUT2D eigenvalue weighted by molar-refractivity contribution is -0.132. The number of fused-ring (bicyclic) bond motifs is 2. The molecule has 3 heterocycles. The molecule has 3 aromatic carbocycles. The Hall–Kier alpha value is -4.72. The van der Waals surface area contributed by atoms with Gasteiger partial charge in [0.25, 0.3) is 11.7 Å². The van der Waals surface area contributed by atoms with Crippen molar-refractivity contribution in [3.8, 4) is 17.2 Å².